The predicted octanol–water partition coefficient (Wildman–Crippen LogP) is 3.98. The molecule has 16 heavy (non-hydrogen) atoms. The number of rotatable bonds is 1. The molecule has 0 radical (unpaired) electrons. The van der Waals surface area contributed by atoms with Gasteiger partial charge in [-0.3, -0.25) is 0 Å². The first-order valence-corrected chi connectivity index (χ1v) is 6.72. The zero-order valence-electron chi connectivity index (χ0n) is 10.8. The number of hydrogen-bond acceptors (Lipinski definition) is 1. The molecule has 2 aliphatic carbocycles. The Balaban J connectivity index is 2.34. The molecule has 0 heterocycles. The van der Waals surface area contributed by atoms with Crippen LogP contribution >= 0.6 is 0 Å². The summed E-state index contributed by atoms with van der Waals surface area (Å²) in [5.41, 5.74) is 1.90. The van der Waals surface area contributed by atoms with Crippen LogP contribution < -0.4 is 0 Å². The van der Waals surface area contributed by atoms with E-state index in [1.807, 2.05) is 0 Å². The van der Waals surface area contributed by atoms with Crippen LogP contribution in [-0.4, -0.2) is 6.29 Å². The van der Waals surface area contributed by atoms with E-state index in [9.17, 15) is 4.79 Å². The van der Waals surface area contributed by atoms with Gasteiger partial charge >= 0.3 is 0 Å². The van der Waals surface area contributed by atoms with E-state index in [0.29, 0.717) is 5.41 Å². The second-order valence-corrected chi connectivity index (χ2v) is 6.36. The quantitative estimate of drug-likeness (QED) is 0.482. The van der Waals surface area contributed by atoms with Crippen LogP contribution in [0.1, 0.15) is 52.9 Å². The van der Waals surface area contributed by atoms with E-state index in [4.69, 9.17) is 0 Å². The number of fused-ring (bicyclic) bond motifs is 1. The van der Waals surface area contributed by atoms with E-state index in [0.717, 1.165) is 24.5 Å². The van der Waals surface area contributed by atoms with Crippen LogP contribution in [0, 0.1) is 23.2 Å². The monoisotopic (exact) mass is 220 g/mol. The van der Waals surface area contributed by atoms with Gasteiger partial charge in [-0.2, -0.15) is 0 Å². The maximum atomic E-state index is 11.0. The van der Waals surface area contributed by atoms with Gasteiger partial charge in [-0.1, -0.05) is 45.3 Å². The van der Waals surface area contributed by atoms with Crippen molar-refractivity contribution in [3.8, 4) is 0 Å². The Labute approximate surface area is 99.3 Å². The second-order valence-electron chi connectivity index (χ2n) is 6.36. The molecule has 1 nitrogen and oxygen atoms in total. The molecular weight excluding hydrogens is 196 g/mol. The topological polar surface area (TPSA) is 17.1 Å². The lowest BCUT2D eigenvalue weighted by Crippen LogP contribution is -2.27. The van der Waals surface area contributed by atoms with Gasteiger partial charge in [-0.05, 0) is 36.5 Å². The molecule has 1 fully saturated rings. The minimum atomic E-state index is 0.191. The Hall–Kier alpha value is -0.590. The molecule has 3 atom stereocenters. The fraction of sp³-hybridized carbons (Fsp3) is 0.800. The largest absolute Gasteiger partial charge is 0.303 e. The van der Waals surface area contributed by atoms with E-state index in [2.05, 4.69) is 26.8 Å². The molecule has 0 saturated heterocycles. The van der Waals surface area contributed by atoms with Gasteiger partial charge in [-0.15, -0.1) is 0 Å². The molecule has 2 aliphatic rings. The lowest BCUT2D eigenvalue weighted by atomic mass is 9.68. The summed E-state index contributed by atoms with van der Waals surface area (Å²) in [6.45, 7) is 7.11. The molecule has 0 N–H and O–H groups in total. The lowest BCUT2D eigenvalue weighted by Gasteiger charge is -2.37. The van der Waals surface area contributed by atoms with Crippen molar-refractivity contribution >= 4 is 6.29 Å². The Bertz CT molecular complexity index is 301. The highest BCUT2D eigenvalue weighted by Gasteiger charge is 2.37. The minimum absolute atomic E-state index is 0.191. The lowest BCUT2D eigenvalue weighted by molar-refractivity contribution is -0.110. The first-order chi connectivity index (χ1) is 7.54. The highest BCUT2D eigenvalue weighted by molar-refractivity contribution is 5.57. The van der Waals surface area contributed by atoms with Gasteiger partial charge < -0.3 is 4.79 Å². The minimum Gasteiger partial charge on any atom is -0.303 e. The van der Waals surface area contributed by atoms with Gasteiger partial charge in [0.2, 0.25) is 0 Å². The molecule has 0 spiro atoms. The SMILES string of the molecule is C[C@@H]1CCCC(C)(C)C2=C[C@@H](C=O)CC[C@H]21. The molecule has 0 aromatic rings. The maximum Gasteiger partial charge on any atom is 0.126 e. The number of carbonyl (C=O) groups is 1. The number of aldehydes is 1. The number of hydrogen-bond donors (Lipinski definition) is 0. The first-order valence-electron chi connectivity index (χ1n) is 6.72. The molecule has 0 aromatic carbocycles. The first kappa shape index (κ1) is 11.9. The average molecular weight is 220 g/mol. The average Bonchev–Trinajstić information content (AvgIpc) is 2.37. The van der Waals surface area contributed by atoms with Gasteiger partial charge in [0.25, 0.3) is 0 Å². The third-order valence-electron chi connectivity index (χ3n) is 4.71. The van der Waals surface area contributed by atoms with Crippen molar-refractivity contribution in [2.45, 2.75) is 52.9 Å². The van der Waals surface area contributed by atoms with E-state index in [1.165, 1.54) is 25.7 Å². The zero-order chi connectivity index (χ0) is 11.8. The van der Waals surface area contributed by atoms with Gasteiger partial charge in [-0.25, -0.2) is 0 Å². The maximum absolute atomic E-state index is 11.0. The highest BCUT2D eigenvalue weighted by atomic mass is 16.1. The summed E-state index contributed by atoms with van der Waals surface area (Å²) in [5.74, 6) is 1.74. The normalized spacial score (nSPS) is 38.2. The Morgan fingerprint density at radius 2 is 2.06 bits per heavy atom. The van der Waals surface area contributed by atoms with Crippen LogP contribution in [0.3, 0.4) is 0 Å². The Morgan fingerprint density at radius 1 is 1.31 bits per heavy atom. The van der Waals surface area contributed by atoms with Crippen LogP contribution in [0.5, 0.6) is 0 Å². The summed E-state index contributed by atoms with van der Waals surface area (Å²) in [6, 6.07) is 0. The summed E-state index contributed by atoms with van der Waals surface area (Å²) in [4.78, 5) is 11.0. The molecule has 0 unspecified atom stereocenters. The number of allylic oxidation sites excluding steroid dienone is 2. The molecule has 1 heteroatoms. The van der Waals surface area contributed by atoms with Crippen LogP contribution in [0.2, 0.25) is 0 Å². The second kappa shape index (κ2) is 4.35. The van der Waals surface area contributed by atoms with Crippen molar-refractivity contribution < 1.29 is 4.79 Å². The van der Waals surface area contributed by atoms with Gasteiger partial charge in [0.05, 0.1) is 0 Å². The summed E-state index contributed by atoms with van der Waals surface area (Å²) in [5, 5.41) is 0. The Morgan fingerprint density at radius 3 is 2.75 bits per heavy atom. The standard InChI is InChI=1S/C15H24O/c1-11-5-4-8-15(2,3)14-9-12(10-16)6-7-13(11)14/h9-13H,4-8H2,1-3H3/t11-,12+,13+/m1/s1. The van der Waals surface area contributed by atoms with Crippen LogP contribution in [-0.2, 0) is 4.79 Å². The third-order valence-corrected chi connectivity index (χ3v) is 4.71. The molecule has 0 aromatic heterocycles. The molecular formula is C15H24O. The summed E-state index contributed by atoms with van der Waals surface area (Å²) >= 11 is 0. The van der Waals surface area contributed by atoms with Crippen LogP contribution in [0.4, 0.5) is 0 Å². The van der Waals surface area contributed by atoms with Gasteiger partial charge in [0.15, 0.2) is 0 Å². The summed E-state index contributed by atoms with van der Waals surface area (Å²) < 4.78 is 0. The smallest absolute Gasteiger partial charge is 0.126 e. The van der Waals surface area contributed by atoms with Gasteiger partial charge in [0, 0.05) is 5.92 Å². The molecule has 0 bridgehead atoms. The van der Waals surface area contributed by atoms with Crippen molar-refractivity contribution in [2.24, 2.45) is 23.2 Å². The van der Waals surface area contributed by atoms with Crippen LogP contribution in [0.25, 0.3) is 0 Å². The van der Waals surface area contributed by atoms with Crippen molar-refractivity contribution in [3.05, 3.63) is 11.6 Å². The van der Waals surface area contributed by atoms with Crippen molar-refractivity contribution in [3.63, 3.8) is 0 Å². The fourth-order valence-corrected chi connectivity index (χ4v) is 3.60. The molecule has 1 saturated carbocycles. The van der Waals surface area contributed by atoms with Gasteiger partial charge in [0.1, 0.15) is 6.29 Å². The van der Waals surface area contributed by atoms with Crippen molar-refractivity contribution in [2.75, 3.05) is 0 Å². The zero-order valence-corrected chi connectivity index (χ0v) is 10.8. The molecule has 90 valence electrons. The fourth-order valence-electron chi connectivity index (χ4n) is 3.60. The van der Waals surface area contributed by atoms with Crippen molar-refractivity contribution in [1.29, 1.82) is 0 Å². The Kier molecular flexibility index (Phi) is 3.23. The molecule has 0 aliphatic heterocycles. The predicted molar refractivity (Wildman–Crippen MR) is 67.2 cm³/mol. The van der Waals surface area contributed by atoms with Crippen LogP contribution in [0.15, 0.2) is 11.6 Å². The van der Waals surface area contributed by atoms with Crippen molar-refractivity contribution in [1.82, 2.24) is 0 Å². The third kappa shape index (κ3) is 2.09. The van der Waals surface area contributed by atoms with E-state index >= 15 is 0 Å². The highest BCUT2D eigenvalue weighted by Crippen LogP contribution is 2.48. The van der Waals surface area contributed by atoms with E-state index in [-0.39, 0.29) is 5.92 Å². The molecule has 0 amide bonds. The van der Waals surface area contributed by atoms with E-state index < -0.39 is 0 Å². The summed E-state index contributed by atoms with van der Waals surface area (Å²) in [7, 11) is 0. The molecule has 2 rings (SSSR count). The van der Waals surface area contributed by atoms with E-state index in [1.54, 1.807) is 5.57 Å². The number of carbonyl (C=O) groups excluding carboxylic acids is 1. The summed E-state index contributed by atoms with van der Waals surface area (Å²) in [6.07, 6.45) is 9.70.